The van der Waals surface area contributed by atoms with Crippen molar-refractivity contribution in [1.82, 2.24) is 20.4 Å². The van der Waals surface area contributed by atoms with Crippen molar-refractivity contribution in [3.63, 3.8) is 0 Å². The van der Waals surface area contributed by atoms with Crippen LogP contribution in [0.2, 0.25) is 0 Å². The zero-order valence-corrected chi connectivity index (χ0v) is 8.65. The Morgan fingerprint density at radius 3 is 3.00 bits per heavy atom. The van der Waals surface area contributed by atoms with Gasteiger partial charge >= 0.3 is 0 Å². The van der Waals surface area contributed by atoms with Gasteiger partial charge in [0, 0.05) is 18.4 Å². The molecule has 15 heavy (non-hydrogen) atoms. The van der Waals surface area contributed by atoms with Gasteiger partial charge in [0.05, 0.1) is 0 Å². The molecule has 1 saturated heterocycles. The topological polar surface area (TPSA) is 59.0 Å². The zero-order valence-electron chi connectivity index (χ0n) is 8.65. The third-order valence-electron chi connectivity index (χ3n) is 2.57. The maximum absolute atomic E-state index is 11.6. The quantitative estimate of drug-likeness (QED) is 0.720. The second-order valence-corrected chi connectivity index (χ2v) is 3.80. The molecule has 5 nitrogen and oxygen atoms in total. The van der Waals surface area contributed by atoms with Gasteiger partial charge in [-0.05, 0) is 32.0 Å². The molecule has 1 amide bonds. The van der Waals surface area contributed by atoms with Crippen molar-refractivity contribution in [2.75, 3.05) is 13.1 Å². The van der Waals surface area contributed by atoms with Crippen LogP contribution in [0.3, 0.4) is 0 Å². The van der Waals surface area contributed by atoms with Crippen LogP contribution in [0, 0.1) is 0 Å². The van der Waals surface area contributed by atoms with E-state index >= 15 is 0 Å². The van der Waals surface area contributed by atoms with Crippen molar-refractivity contribution in [1.29, 1.82) is 0 Å². The number of carbonyl (C=O) groups is 1. The first-order chi connectivity index (χ1) is 7.34. The number of nitrogens with one attached hydrogen (secondary N) is 2. The van der Waals surface area contributed by atoms with Crippen molar-refractivity contribution < 1.29 is 4.79 Å². The SMILES string of the molecule is O=C(Cn1cccn1)NC1CCNCC1. The largest absolute Gasteiger partial charge is 0.352 e. The molecule has 0 bridgehead atoms. The van der Waals surface area contributed by atoms with E-state index in [1.165, 1.54) is 0 Å². The van der Waals surface area contributed by atoms with E-state index in [-0.39, 0.29) is 5.91 Å². The normalized spacial score (nSPS) is 17.6. The number of aromatic nitrogens is 2. The third-order valence-corrected chi connectivity index (χ3v) is 2.57. The number of piperidine rings is 1. The second kappa shape index (κ2) is 4.93. The highest BCUT2D eigenvalue weighted by molar-refractivity contribution is 5.75. The Morgan fingerprint density at radius 1 is 1.53 bits per heavy atom. The average molecular weight is 208 g/mol. The first-order valence-electron chi connectivity index (χ1n) is 5.32. The maximum Gasteiger partial charge on any atom is 0.241 e. The van der Waals surface area contributed by atoms with Crippen LogP contribution in [0.25, 0.3) is 0 Å². The standard InChI is InChI=1S/C10H16N4O/c15-10(8-14-7-1-4-12-14)13-9-2-5-11-6-3-9/h1,4,7,9,11H,2-3,5-6,8H2,(H,13,15). The van der Waals surface area contributed by atoms with Crippen LogP contribution in [-0.4, -0.2) is 34.8 Å². The highest BCUT2D eigenvalue weighted by Crippen LogP contribution is 2.01. The van der Waals surface area contributed by atoms with Crippen LogP contribution in [0.4, 0.5) is 0 Å². The number of hydrogen-bond acceptors (Lipinski definition) is 3. The second-order valence-electron chi connectivity index (χ2n) is 3.80. The Labute approximate surface area is 88.8 Å². The van der Waals surface area contributed by atoms with Crippen LogP contribution in [0.15, 0.2) is 18.5 Å². The van der Waals surface area contributed by atoms with Gasteiger partial charge in [-0.25, -0.2) is 0 Å². The lowest BCUT2D eigenvalue weighted by molar-refractivity contribution is -0.122. The van der Waals surface area contributed by atoms with E-state index in [2.05, 4.69) is 15.7 Å². The minimum atomic E-state index is 0.0469. The molecular formula is C10H16N4O. The molecule has 5 heteroatoms. The summed E-state index contributed by atoms with van der Waals surface area (Å²) in [7, 11) is 0. The first kappa shape index (κ1) is 10.2. The van der Waals surface area contributed by atoms with E-state index in [0.29, 0.717) is 12.6 Å². The number of hydrogen-bond donors (Lipinski definition) is 2. The van der Waals surface area contributed by atoms with E-state index in [1.54, 1.807) is 17.1 Å². The minimum absolute atomic E-state index is 0.0469. The van der Waals surface area contributed by atoms with E-state index in [4.69, 9.17) is 0 Å². The van der Waals surface area contributed by atoms with Gasteiger partial charge in [-0.15, -0.1) is 0 Å². The van der Waals surface area contributed by atoms with Crippen LogP contribution < -0.4 is 10.6 Å². The van der Waals surface area contributed by atoms with Gasteiger partial charge in [0.25, 0.3) is 0 Å². The van der Waals surface area contributed by atoms with Gasteiger partial charge in [-0.1, -0.05) is 0 Å². The van der Waals surface area contributed by atoms with Gasteiger partial charge in [-0.3, -0.25) is 9.48 Å². The summed E-state index contributed by atoms with van der Waals surface area (Å²) in [6, 6.07) is 2.15. The lowest BCUT2D eigenvalue weighted by Gasteiger charge is -2.23. The number of carbonyl (C=O) groups excluding carboxylic acids is 1. The molecule has 1 aliphatic heterocycles. The first-order valence-corrected chi connectivity index (χ1v) is 5.32. The summed E-state index contributed by atoms with van der Waals surface area (Å²) in [6.07, 6.45) is 5.51. The molecule has 1 aromatic rings. The molecule has 0 aliphatic carbocycles. The molecular weight excluding hydrogens is 192 g/mol. The molecule has 2 rings (SSSR count). The minimum Gasteiger partial charge on any atom is -0.352 e. The fourth-order valence-corrected chi connectivity index (χ4v) is 1.78. The predicted octanol–water partition coefficient (Wildman–Crippen LogP) is -0.249. The summed E-state index contributed by atoms with van der Waals surface area (Å²) in [6.45, 7) is 2.30. The van der Waals surface area contributed by atoms with Gasteiger partial charge in [0.15, 0.2) is 0 Å². The molecule has 1 fully saturated rings. The molecule has 82 valence electrons. The Hall–Kier alpha value is -1.36. The summed E-state index contributed by atoms with van der Waals surface area (Å²) >= 11 is 0. The fraction of sp³-hybridized carbons (Fsp3) is 0.600. The monoisotopic (exact) mass is 208 g/mol. The summed E-state index contributed by atoms with van der Waals surface area (Å²) in [5, 5.41) is 10.3. The molecule has 0 spiro atoms. The van der Waals surface area contributed by atoms with Crippen molar-refractivity contribution in [2.24, 2.45) is 0 Å². The van der Waals surface area contributed by atoms with Crippen LogP contribution >= 0.6 is 0 Å². The Bertz CT molecular complexity index is 303. The Morgan fingerprint density at radius 2 is 2.33 bits per heavy atom. The molecule has 0 aromatic carbocycles. The average Bonchev–Trinajstić information content (AvgIpc) is 2.71. The number of nitrogens with zero attached hydrogens (tertiary/aromatic N) is 2. The van der Waals surface area contributed by atoms with Crippen LogP contribution in [0.1, 0.15) is 12.8 Å². The maximum atomic E-state index is 11.6. The smallest absolute Gasteiger partial charge is 0.241 e. The van der Waals surface area contributed by atoms with Crippen molar-refractivity contribution in [3.05, 3.63) is 18.5 Å². The Kier molecular flexibility index (Phi) is 3.34. The molecule has 1 aromatic heterocycles. The van der Waals surface area contributed by atoms with Gasteiger partial charge in [0.1, 0.15) is 6.54 Å². The van der Waals surface area contributed by atoms with Crippen molar-refractivity contribution in [2.45, 2.75) is 25.4 Å². The fourth-order valence-electron chi connectivity index (χ4n) is 1.78. The molecule has 0 saturated carbocycles. The van der Waals surface area contributed by atoms with Gasteiger partial charge < -0.3 is 10.6 Å². The summed E-state index contributed by atoms with van der Waals surface area (Å²) < 4.78 is 1.64. The zero-order chi connectivity index (χ0) is 10.5. The molecule has 2 N–H and O–H groups in total. The van der Waals surface area contributed by atoms with E-state index < -0.39 is 0 Å². The molecule has 1 aliphatic rings. The van der Waals surface area contributed by atoms with Crippen LogP contribution in [0.5, 0.6) is 0 Å². The summed E-state index contributed by atoms with van der Waals surface area (Å²) in [4.78, 5) is 11.6. The van der Waals surface area contributed by atoms with Gasteiger partial charge in [0.2, 0.25) is 5.91 Å². The Balaban J connectivity index is 1.76. The van der Waals surface area contributed by atoms with E-state index in [1.807, 2.05) is 6.07 Å². The highest BCUT2D eigenvalue weighted by atomic mass is 16.2. The lowest BCUT2D eigenvalue weighted by atomic mass is 10.1. The molecule has 0 radical (unpaired) electrons. The van der Waals surface area contributed by atoms with E-state index in [0.717, 1.165) is 25.9 Å². The van der Waals surface area contributed by atoms with Gasteiger partial charge in [-0.2, -0.15) is 5.10 Å². The molecule has 0 unspecified atom stereocenters. The molecule has 2 heterocycles. The van der Waals surface area contributed by atoms with Crippen molar-refractivity contribution in [3.8, 4) is 0 Å². The summed E-state index contributed by atoms with van der Waals surface area (Å²) in [5.41, 5.74) is 0. The summed E-state index contributed by atoms with van der Waals surface area (Å²) in [5.74, 6) is 0.0469. The van der Waals surface area contributed by atoms with E-state index in [9.17, 15) is 4.79 Å². The predicted molar refractivity (Wildman–Crippen MR) is 56.3 cm³/mol. The number of amides is 1. The molecule has 0 atom stereocenters. The highest BCUT2D eigenvalue weighted by Gasteiger charge is 2.15. The lowest BCUT2D eigenvalue weighted by Crippen LogP contribution is -2.43. The third kappa shape index (κ3) is 3.06. The van der Waals surface area contributed by atoms with Crippen molar-refractivity contribution >= 4 is 5.91 Å². The number of rotatable bonds is 3. The van der Waals surface area contributed by atoms with Crippen LogP contribution in [-0.2, 0) is 11.3 Å².